The van der Waals surface area contributed by atoms with E-state index in [9.17, 15) is 35.1 Å². The van der Waals surface area contributed by atoms with Crippen LogP contribution < -0.4 is 9.47 Å². The average molecular weight is 565 g/mol. The molecule has 0 aliphatic heterocycles. The minimum atomic E-state index is -5.40. The molecule has 2 aliphatic carbocycles. The molecule has 0 radical (unpaired) electrons. The Morgan fingerprint density at radius 3 is 1.79 bits per heavy atom. The Bertz CT molecular complexity index is 1090. The van der Waals surface area contributed by atoms with Crippen molar-refractivity contribution in [1.29, 1.82) is 0 Å². The van der Waals surface area contributed by atoms with E-state index >= 15 is 0 Å². The van der Waals surface area contributed by atoms with Crippen molar-refractivity contribution in [1.82, 2.24) is 0 Å². The second-order valence-corrected chi connectivity index (χ2v) is 10.8. The predicted octanol–water partition coefficient (Wildman–Crippen LogP) is 10.0. The first-order chi connectivity index (χ1) is 18.4. The summed E-state index contributed by atoms with van der Waals surface area (Å²) in [5, 5.41) is 0. The molecular formula is C29H32F8O2. The van der Waals surface area contributed by atoms with Crippen LogP contribution in [0.3, 0.4) is 0 Å². The van der Waals surface area contributed by atoms with Crippen molar-refractivity contribution < 1.29 is 44.6 Å². The molecule has 2 aliphatic rings. The minimum absolute atomic E-state index is 0.0418. The van der Waals surface area contributed by atoms with E-state index in [1.54, 1.807) is 0 Å². The number of hydrogen-bond acceptors (Lipinski definition) is 2. The highest BCUT2D eigenvalue weighted by molar-refractivity contribution is 5.36. The molecule has 2 aromatic carbocycles. The molecule has 2 saturated carbocycles. The number of alkyl halides is 5. The van der Waals surface area contributed by atoms with Crippen molar-refractivity contribution in [2.24, 2.45) is 17.8 Å². The van der Waals surface area contributed by atoms with Crippen molar-refractivity contribution in [2.45, 2.75) is 89.5 Å². The molecule has 0 saturated heterocycles. The lowest BCUT2D eigenvalue weighted by Crippen LogP contribution is -2.26. The Hall–Kier alpha value is -2.52. The molecule has 0 bridgehead atoms. The van der Waals surface area contributed by atoms with Gasteiger partial charge in [0.1, 0.15) is 11.6 Å². The van der Waals surface area contributed by atoms with Gasteiger partial charge in [-0.25, -0.2) is 13.2 Å². The Morgan fingerprint density at radius 2 is 1.28 bits per heavy atom. The van der Waals surface area contributed by atoms with E-state index in [0.29, 0.717) is 11.5 Å². The Morgan fingerprint density at radius 1 is 0.718 bits per heavy atom. The maximum Gasteiger partial charge on any atom is 0.573 e. The lowest BCUT2D eigenvalue weighted by molar-refractivity contribution is -0.276. The first-order valence-corrected chi connectivity index (χ1v) is 13.5. The molecule has 2 fully saturated rings. The first kappa shape index (κ1) is 29.5. The second kappa shape index (κ2) is 11.9. The Kier molecular flexibility index (Phi) is 9.01. The summed E-state index contributed by atoms with van der Waals surface area (Å²) in [5.41, 5.74) is -0.553. The van der Waals surface area contributed by atoms with Crippen molar-refractivity contribution in [2.75, 3.05) is 0 Å². The van der Waals surface area contributed by atoms with E-state index in [4.69, 9.17) is 0 Å². The van der Waals surface area contributed by atoms with Crippen LogP contribution >= 0.6 is 0 Å². The lowest BCUT2D eigenvalue weighted by Gasteiger charge is -2.38. The third kappa shape index (κ3) is 7.37. The molecule has 0 unspecified atom stereocenters. The van der Waals surface area contributed by atoms with E-state index in [1.807, 2.05) is 0 Å². The first-order valence-electron chi connectivity index (χ1n) is 13.5. The van der Waals surface area contributed by atoms with Crippen molar-refractivity contribution >= 4 is 0 Å². The van der Waals surface area contributed by atoms with Crippen LogP contribution in [0.5, 0.6) is 11.5 Å². The van der Waals surface area contributed by atoms with Gasteiger partial charge in [0.15, 0.2) is 11.6 Å². The van der Waals surface area contributed by atoms with Gasteiger partial charge < -0.3 is 9.47 Å². The lowest BCUT2D eigenvalue weighted by atomic mass is 9.68. The second-order valence-electron chi connectivity index (χ2n) is 10.8. The summed E-state index contributed by atoms with van der Waals surface area (Å²) in [7, 11) is 0. The summed E-state index contributed by atoms with van der Waals surface area (Å²) in [4.78, 5) is 0. The molecule has 39 heavy (non-hydrogen) atoms. The van der Waals surface area contributed by atoms with Crippen LogP contribution in [-0.4, -0.2) is 6.36 Å². The number of rotatable bonds is 8. The zero-order chi connectivity index (χ0) is 28.4. The van der Waals surface area contributed by atoms with E-state index in [2.05, 4.69) is 16.4 Å². The molecule has 2 aromatic rings. The van der Waals surface area contributed by atoms with Gasteiger partial charge in [-0.05, 0) is 79.9 Å². The van der Waals surface area contributed by atoms with Crippen LogP contribution in [0.2, 0.25) is 0 Å². The zero-order valence-corrected chi connectivity index (χ0v) is 21.6. The molecule has 216 valence electrons. The van der Waals surface area contributed by atoms with Gasteiger partial charge in [0, 0.05) is 12.1 Å². The van der Waals surface area contributed by atoms with E-state index in [-0.39, 0.29) is 18.1 Å². The van der Waals surface area contributed by atoms with E-state index in [1.165, 1.54) is 44.6 Å². The standard InChI is InChI=1S/C29H32F8O2/c1-2-3-17-4-6-18(7-5-17)19-8-10-20(11-9-19)21-12-13-23(24(30)14-21)28(33,34)38-22-15-25(31)27(26(32)16-22)39-29(35,36)37/h12-20H,2-11H2,1H3/t17-,18-,19-,20-. The number of benzene rings is 2. The Balaban J connectivity index is 1.38. The van der Waals surface area contributed by atoms with Crippen molar-refractivity contribution in [3.05, 3.63) is 58.9 Å². The summed E-state index contributed by atoms with van der Waals surface area (Å²) in [5.74, 6) is -5.75. The van der Waals surface area contributed by atoms with Crippen molar-refractivity contribution in [3.63, 3.8) is 0 Å². The smallest absolute Gasteiger partial charge is 0.429 e. The zero-order valence-electron chi connectivity index (χ0n) is 21.6. The number of ether oxygens (including phenoxy) is 2. The quantitative estimate of drug-likeness (QED) is 0.297. The summed E-state index contributed by atoms with van der Waals surface area (Å²) >= 11 is 0. The van der Waals surface area contributed by atoms with Gasteiger partial charge in [-0.2, -0.15) is 8.78 Å². The molecule has 4 rings (SSSR count). The molecule has 0 heterocycles. The van der Waals surface area contributed by atoms with E-state index < -0.39 is 47.0 Å². The van der Waals surface area contributed by atoms with Crippen LogP contribution in [0.1, 0.15) is 88.2 Å². The highest BCUT2D eigenvalue weighted by Crippen LogP contribution is 2.45. The van der Waals surface area contributed by atoms with Crippen LogP contribution in [0.15, 0.2) is 30.3 Å². The highest BCUT2D eigenvalue weighted by Gasteiger charge is 2.40. The summed E-state index contributed by atoms with van der Waals surface area (Å²) in [6.45, 7) is 2.22. The molecule has 0 aromatic heterocycles. The van der Waals surface area contributed by atoms with Gasteiger partial charge in [-0.1, -0.05) is 38.7 Å². The van der Waals surface area contributed by atoms with Gasteiger partial charge in [-0.15, -0.1) is 13.2 Å². The SMILES string of the molecule is CCC[C@H]1CC[C@H]([C@H]2CC[C@H](c3ccc(C(F)(F)Oc4cc(F)c(OC(F)(F)F)c(F)c4)c(F)c3)CC2)CC1. The van der Waals surface area contributed by atoms with Gasteiger partial charge in [-0.3, -0.25) is 0 Å². The average Bonchev–Trinajstić information content (AvgIpc) is 2.86. The minimum Gasteiger partial charge on any atom is -0.429 e. The predicted molar refractivity (Wildman–Crippen MR) is 129 cm³/mol. The maximum absolute atomic E-state index is 14.8. The van der Waals surface area contributed by atoms with Crippen LogP contribution in [0.25, 0.3) is 0 Å². The maximum atomic E-state index is 14.8. The fourth-order valence-corrected chi connectivity index (χ4v) is 6.31. The third-order valence-corrected chi connectivity index (χ3v) is 8.24. The summed E-state index contributed by atoms with van der Waals surface area (Å²) < 4.78 is 116. The van der Waals surface area contributed by atoms with Gasteiger partial charge in [0.25, 0.3) is 0 Å². The van der Waals surface area contributed by atoms with E-state index in [0.717, 1.165) is 49.7 Å². The van der Waals surface area contributed by atoms with Crippen LogP contribution in [0.4, 0.5) is 35.1 Å². The summed E-state index contributed by atoms with van der Waals surface area (Å²) in [6.07, 6.45) is 1.57. The molecule has 0 amide bonds. The molecule has 10 heteroatoms. The molecule has 0 spiro atoms. The fourth-order valence-electron chi connectivity index (χ4n) is 6.31. The van der Waals surface area contributed by atoms with Crippen molar-refractivity contribution in [3.8, 4) is 11.5 Å². The van der Waals surface area contributed by atoms with Crippen LogP contribution in [0, 0.1) is 35.2 Å². The number of halogens is 8. The monoisotopic (exact) mass is 564 g/mol. The number of hydrogen-bond donors (Lipinski definition) is 0. The van der Waals surface area contributed by atoms with Gasteiger partial charge >= 0.3 is 12.5 Å². The van der Waals surface area contributed by atoms with Crippen LogP contribution in [-0.2, 0) is 6.11 Å². The summed E-state index contributed by atoms with van der Waals surface area (Å²) in [6, 6.07) is 3.53. The molecule has 0 N–H and O–H groups in total. The third-order valence-electron chi connectivity index (χ3n) is 8.24. The van der Waals surface area contributed by atoms with Gasteiger partial charge in [0.2, 0.25) is 5.75 Å². The molecular weight excluding hydrogens is 532 g/mol. The largest absolute Gasteiger partial charge is 0.573 e. The highest BCUT2D eigenvalue weighted by atomic mass is 19.4. The fraction of sp³-hybridized carbons (Fsp3) is 0.586. The Labute approximate surface area is 222 Å². The topological polar surface area (TPSA) is 18.5 Å². The molecule has 2 nitrogen and oxygen atoms in total. The molecule has 0 atom stereocenters. The normalized spacial score (nSPS) is 24.4. The van der Waals surface area contributed by atoms with Gasteiger partial charge in [0.05, 0.1) is 5.56 Å².